The minimum atomic E-state index is 0.00582. The van der Waals surface area contributed by atoms with Crippen LogP contribution < -0.4 is 0 Å². The summed E-state index contributed by atoms with van der Waals surface area (Å²) in [4.78, 5) is 14.5. The molecule has 1 saturated carbocycles. The van der Waals surface area contributed by atoms with E-state index in [4.69, 9.17) is 9.47 Å². The Morgan fingerprint density at radius 2 is 2.50 bits per heavy atom. The average molecular weight is 293 g/mol. The summed E-state index contributed by atoms with van der Waals surface area (Å²) in [5, 5.41) is 3.85. The van der Waals surface area contributed by atoms with E-state index >= 15 is 0 Å². The van der Waals surface area contributed by atoms with Gasteiger partial charge in [0.25, 0.3) is 5.91 Å². The molecule has 20 heavy (non-hydrogen) atoms. The van der Waals surface area contributed by atoms with Crippen LogP contribution in [0, 0.1) is 0 Å². The van der Waals surface area contributed by atoms with Gasteiger partial charge in [0.2, 0.25) is 0 Å². The molecule has 5 heteroatoms. The fourth-order valence-electron chi connectivity index (χ4n) is 3.09. The maximum atomic E-state index is 12.5. The first-order valence-corrected chi connectivity index (χ1v) is 7.93. The molecule has 0 spiro atoms. The van der Waals surface area contributed by atoms with Crippen molar-refractivity contribution in [3.8, 4) is 0 Å². The highest BCUT2D eigenvalue weighted by Gasteiger charge is 2.45. The van der Waals surface area contributed by atoms with Gasteiger partial charge in [-0.05, 0) is 24.3 Å². The van der Waals surface area contributed by atoms with Gasteiger partial charge in [-0.25, -0.2) is 0 Å². The number of thiophene rings is 1. The van der Waals surface area contributed by atoms with Gasteiger partial charge in [-0.3, -0.25) is 4.79 Å². The van der Waals surface area contributed by atoms with Crippen molar-refractivity contribution < 1.29 is 14.3 Å². The van der Waals surface area contributed by atoms with Gasteiger partial charge in [0.05, 0.1) is 30.9 Å². The van der Waals surface area contributed by atoms with Crippen molar-refractivity contribution in [1.82, 2.24) is 4.90 Å². The molecule has 2 fully saturated rings. The van der Waals surface area contributed by atoms with Crippen LogP contribution in [0.1, 0.15) is 23.2 Å². The van der Waals surface area contributed by atoms with Gasteiger partial charge in [0, 0.05) is 11.9 Å². The summed E-state index contributed by atoms with van der Waals surface area (Å²) in [6.45, 7) is 5.47. The summed E-state index contributed by atoms with van der Waals surface area (Å²) in [7, 11) is 0. The van der Waals surface area contributed by atoms with Gasteiger partial charge in [-0.1, -0.05) is 6.08 Å². The van der Waals surface area contributed by atoms with E-state index in [1.165, 1.54) is 0 Å². The van der Waals surface area contributed by atoms with Gasteiger partial charge < -0.3 is 14.4 Å². The second-order valence-electron chi connectivity index (χ2n) is 5.15. The standard InChI is InChI=1S/C15H19NO3S/c1-2-7-18-13-4-3-12-14(13)19-8-6-16(12)15(17)11-5-9-20-10-11/h2,5,9-10,12-14H,1,3-4,6-8H2/t12-,13+,14+/m0/s1. The first-order chi connectivity index (χ1) is 9.81. The van der Waals surface area contributed by atoms with Crippen LogP contribution in [-0.2, 0) is 9.47 Å². The van der Waals surface area contributed by atoms with Gasteiger partial charge in [-0.15, -0.1) is 6.58 Å². The SMILES string of the molecule is C=CCO[C@@H]1CC[C@H]2[C@H]1OCCN2C(=O)c1ccsc1. The van der Waals surface area contributed by atoms with E-state index in [9.17, 15) is 4.79 Å². The number of hydrogen-bond acceptors (Lipinski definition) is 4. The molecule has 0 aromatic carbocycles. The molecular weight excluding hydrogens is 274 g/mol. The zero-order chi connectivity index (χ0) is 13.9. The van der Waals surface area contributed by atoms with Gasteiger partial charge in [0.15, 0.2) is 0 Å². The first-order valence-electron chi connectivity index (χ1n) is 6.98. The summed E-state index contributed by atoms with van der Waals surface area (Å²) in [6.07, 6.45) is 3.73. The smallest absolute Gasteiger partial charge is 0.255 e. The highest BCUT2D eigenvalue weighted by molar-refractivity contribution is 7.08. The van der Waals surface area contributed by atoms with Crippen molar-refractivity contribution >= 4 is 17.2 Å². The lowest BCUT2D eigenvalue weighted by molar-refractivity contribution is -0.100. The topological polar surface area (TPSA) is 38.8 Å². The van der Waals surface area contributed by atoms with Crippen molar-refractivity contribution in [3.05, 3.63) is 35.0 Å². The molecule has 0 radical (unpaired) electrons. The molecule has 0 unspecified atom stereocenters. The Bertz CT molecular complexity index is 473. The third-order valence-electron chi connectivity index (χ3n) is 3.99. The van der Waals surface area contributed by atoms with Crippen LogP contribution in [0.5, 0.6) is 0 Å². The van der Waals surface area contributed by atoms with Crippen molar-refractivity contribution in [2.24, 2.45) is 0 Å². The number of carbonyl (C=O) groups is 1. The van der Waals surface area contributed by atoms with E-state index in [0.717, 1.165) is 18.4 Å². The number of carbonyl (C=O) groups excluding carboxylic acids is 1. The van der Waals surface area contributed by atoms with E-state index in [1.54, 1.807) is 17.4 Å². The predicted octanol–water partition coefficient (Wildman–Crippen LogP) is 2.32. The summed E-state index contributed by atoms with van der Waals surface area (Å²) in [6, 6.07) is 2.03. The molecule has 0 N–H and O–H groups in total. The Kier molecular flexibility index (Phi) is 4.19. The molecule has 2 aliphatic rings. The normalized spacial score (nSPS) is 29.2. The highest BCUT2D eigenvalue weighted by Crippen LogP contribution is 2.33. The van der Waals surface area contributed by atoms with Crippen molar-refractivity contribution in [2.45, 2.75) is 31.1 Å². The van der Waals surface area contributed by atoms with Gasteiger partial charge in [0.1, 0.15) is 6.10 Å². The van der Waals surface area contributed by atoms with Crippen LogP contribution >= 0.6 is 11.3 Å². The molecule has 1 aromatic rings. The number of rotatable bonds is 4. The maximum absolute atomic E-state index is 12.5. The number of fused-ring (bicyclic) bond motifs is 1. The minimum Gasteiger partial charge on any atom is -0.372 e. The van der Waals surface area contributed by atoms with Crippen molar-refractivity contribution in [2.75, 3.05) is 19.8 Å². The zero-order valence-corrected chi connectivity index (χ0v) is 12.2. The van der Waals surface area contributed by atoms with Crippen LogP contribution in [0.25, 0.3) is 0 Å². The first kappa shape index (κ1) is 13.8. The van der Waals surface area contributed by atoms with E-state index in [2.05, 4.69) is 6.58 Å². The summed E-state index contributed by atoms with van der Waals surface area (Å²) in [5.41, 5.74) is 0.783. The summed E-state index contributed by atoms with van der Waals surface area (Å²) >= 11 is 1.55. The van der Waals surface area contributed by atoms with Gasteiger partial charge >= 0.3 is 0 Å². The molecular formula is C15H19NO3S. The van der Waals surface area contributed by atoms with Crippen LogP contribution in [0.15, 0.2) is 29.5 Å². The van der Waals surface area contributed by atoms with Crippen LogP contribution in [0.2, 0.25) is 0 Å². The van der Waals surface area contributed by atoms with Gasteiger partial charge in [-0.2, -0.15) is 11.3 Å². The predicted molar refractivity (Wildman–Crippen MR) is 78.1 cm³/mol. The third-order valence-corrected chi connectivity index (χ3v) is 4.68. The Hall–Kier alpha value is -1.17. The highest BCUT2D eigenvalue weighted by atomic mass is 32.1. The lowest BCUT2D eigenvalue weighted by Gasteiger charge is -2.39. The molecule has 1 amide bonds. The monoisotopic (exact) mass is 293 g/mol. The molecule has 1 aliphatic carbocycles. The molecule has 0 bridgehead atoms. The fourth-order valence-corrected chi connectivity index (χ4v) is 3.72. The molecule has 2 heterocycles. The van der Waals surface area contributed by atoms with E-state index in [1.807, 2.05) is 21.7 Å². The van der Waals surface area contributed by atoms with E-state index in [0.29, 0.717) is 19.8 Å². The summed E-state index contributed by atoms with van der Waals surface area (Å²) < 4.78 is 11.6. The molecule has 108 valence electrons. The lowest BCUT2D eigenvalue weighted by atomic mass is 10.1. The van der Waals surface area contributed by atoms with Crippen molar-refractivity contribution in [1.29, 1.82) is 0 Å². The Labute approximate surface area is 123 Å². The van der Waals surface area contributed by atoms with Crippen LogP contribution in [0.4, 0.5) is 0 Å². The molecule has 1 aliphatic heterocycles. The zero-order valence-electron chi connectivity index (χ0n) is 11.4. The van der Waals surface area contributed by atoms with Crippen LogP contribution in [0.3, 0.4) is 0 Å². The second-order valence-corrected chi connectivity index (χ2v) is 5.93. The fraction of sp³-hybridized carbons (Fsp3) is 0.533. The molecule has 3 rings (SSSR count). The molecule has 3 atom stereocenters. The number of hydrogen-bond donors (Lipinski definition) is 0. The number of ether oxygens (including phenoxy) is 2. The Morgan fingerprint density at radius 1 is 1.60 bits per heavy atom. The molecule has 4 nitrogen and oxygen atoms in total. The van der Waals surface area contributed by atoms with E-state index in [-0.39, 0.29) is 24.2 Å². The van der Waals surface area contributed by atoms with Crippen molar-refractivity contribution in [3.63, 3.8) is 0 Å². The minimum absolute atomic E-state index is 0.00582. The Morgan fingerprint density at radius 3 is 3.25 bits per heavy atom. The third kappa shape index (κ3) is 2.53. The number of nitrogens with zero attached hydrogens (tertiary/aromatic N) is 1. The largest absolute Gasteiger partial charge is 0.372 e. The quantitative estimate of drug-likeness (QED) is 0.800. The molecule has 1 aromatic heterocycles. The number of morpholine rings is 1. The second kappa shape index (κ2) is 6.08. The van der Waals surface area contributed by atoms with Crippen LogP contribution in [-0.4, -0.2) is 48.8 Å². The Balaban J connectivity index is 1.71. The number of amides is 1. The van der Waals surface area contributed by atoms with E-state index < -0.39 is 0 Å². The maximum Gasteiger partial charge on any atom is 0.255 e. The molecule has 1 saturated heterocycles. The lowest BCUT2D eigenvalue weighted by Crippen LogP contribution is -2.53. The summed E-state index contributed by atoms with van der Waals surface area (Å²) in [5.74, 6) is 0.119. The average Bonchev–Trinajstić information content (AvgIpc) is 3.13.